The molecule has 0 fully saturated rings. The van der Waals surface area contributed by atoms with Gasteiger partial charge in [-0.1, -0.05) is 48.0 Å². The van der Waals surface area contributed by atoms with Gasteiger partial charge in [-0.3, -0.25) is 4.79 Å². The highest BCUT2D eigenvalue weighted by atomic mass is 35.5. The van der Waals surface area contributed by atoms with E-state index >= 15 is 0 Å². The van der Waals surface area contributed by atoms with Crippen molar-refractivity contribution >= 4 is 29.8 Å². The first-order valence-corrected chi connectivity index (χ1v) is 11.4. The van der Waals surface area contributed by atoms with Crippen LogP contribution < -0.4 is 10.7 Å². The maximum Gasteiger partial charge on any atom is 0.407 e. The molecule has 0 aliphatic carbocycles. The minimum absolute atomic E-state index is 0.0148. The molecule has 0 saturated carbocycles. The number of alkyl carbamates (subject to hydrolysis) is 1. The van der Waals surface area contributed by atoms with Crippen molar-refractivity contribution in [1.82, 2.24) is 15.3 Å². The zero-order valence-electron chi connectivity index (χ0n) is 19.8. The predicted molar refractivity (Wildman–Crippen MR) is 135 cm³/mol. The van der Waals surface area contributed by atoms with Crippen molar-refractivity contribution in [1.29, 1.82) is 0 Å². The average molecular weight is 481 g/mol. The Bertz CT molecular complexity index is 1190. The van der Waals surface area contributed by atoms with E-state index in [2.05, 4.69) is 20.4 Å². The second-order valence-corrected chi connectivity index (χ2v) is 8.28. The molecule has 0 unspecified atom stereocenters. The number of benzene rings is 2. The fraction of sp³-hybridized carbons (Fsp3) is 0.269. The van der Waals surface area contributed by atoms with Crippen LogP contribution in [0.5, 0.6) is 0 Å². The summed E-state index contributed by atoms with van der Waals surface area (Å²) in [7, 11) is 0. The maximum absolute atomic E-state index is 12.6. The van der Waals surface area contributed by atoms with E-state index in [-0.39, 0.29) is 18.9 Å². The number of carbonyl (C=O) groups is 2. The minimum Gasteiger partial charge on any atom is -0.450 e. The van der Waals surface area contributed by atoms with E-state index in [1.807, 2.05) is 75.4 Å². The molecule has 1 aromatic heterocycles. The number of amides is 2. The smallest absolute Gasteiger partial charge is 0.407 e. The summed E-state index contributed by atoms with van der Waals surface area (Å²) in [6.07, 6.45) is 1.06. The molecule has 2 amide bonds. The summed E-state index contributed by atoms with van der Waals surface area (Å²) in [5.74, 6) is -0.332. The molecule has 2 aromatic carbocycles. The van der Waals surface area contributed by atoms with Crippen molar-refractivity contribution in [3.8, 4) is 5.69 Å². The molecule has 2 N–H and O–H groups in total. The van der Waals surface area contributed by atoms with Crippen LogP contribution in [-0.4, -0.2) is 29.4 Å². The van der Waals surface area contributed by atoms with Crippen LogP contribution in [0.3, 0.4) is 0 Å². The van der Waals surface area contributed by atoms with Crippen molar-refractivity contribution in [2.24, 2.45) is 5.10 Å². The Balaban J connectivity index is 1.71. The van der Waals surface area contributed by atoms with E-state index in [4.69, 9.17) is 16.3 Å². The van der Waals surface area contributed by atoms with Gasteiger partial charge in [-0.05, 0) is 57.0 Å². The molecular weight excluding hydrogens is 452 g/mol. The van der Waals surface area contributed by atoms with E-state index in [9.17, 15) is 9.59 Å². The number of rotatable bonds is 8. The van der Waals surface area contributed by atoms with Gasteiger partial charge in [0.05, 0.1) is 25.3 Å². The SMILES string of the molecule is CCOC(=O)N[C@@H](CC(=O)N/N=C\c1cc(C)n(-c2cccc(Cl)c2C)c1C)c1ccccc1. The van der Waals surface area contributed by atoms with E-state index < -0.39 is 12.1 Å². The van der Waals surface area contributed by atoms with Crippen LogP contribution in [0.4, 0.5) is 4.79 Å². The highest BCUT2D eigenvalue weighted by molar-refractivity contribution is 6.31. The van der Waals surface area contributed by atoms with Gasteiger partial charge in [0.1, 0.15) is 0 Å². The molecule has 0 aliphatic rings. The molecule has 3 rings (SSSR count). The number of ether oxygens (including phenoxy) is 1. The average Bonchev–Trinajstić information content (AvgIpc) is 3.09. The Labute approximate surface area is 204 Å². The van der Waals surface area contributed by atoms with Crippen molar-refractivity contribution in [2.45, 2.75) is 40.2 Å². The number of carbonyl (C=O) groups excluding carboxylic acids is 2. The van der Waals surface area contributed by atoms with Crippen LogP contribution in [-0.2, 0) is 9.53 Å². The number of nitrogens with one attached hydrogen (secondary N) is 2. The van der Waals surface area contributed by atoms with Gasteiger partial charge in [0.2, 0.25) is 5.91 Å². The fourth-order valence-corrected chi connectivity index (χ4v) is 3.95. The summed E-state index contributed by atoms with van der Waals surface area (Å²) in [6.45, 7) is 7.96. The van der Waals surface area contributed by atoms with Gasteiger partial charge >= 0.3 is 6.09 Å². The third-order valence-electron chi connectivity index (χ3n) is 5.50. The topological polar surface area (TPSA) is 84.7 Å². The van der Waals surface area contributed by atoms with Crippen LogP contribution in [0.25, 0.3) is 5.69 Å². The van der Waals surface area contributed by atoms with E-state index in [1.165, 1.54) is 0 Å². The molecule has 1 atom stereocenters. The van der Waals surface area contributed by atoms with Crippen LogP contribution in [0, 0.1) is 20.8 Å². The van der Waals surface area contributed by atoms with Crippen LogP contribution in [0.1, 0.15) is 47.5 Å². The van der Waals surface area contributed by atoms with Gasteiger partial charge < -0.3 is 14.6 Å². The number of hydrogen-bond donors (Lipinski definition) is 2. The molecule has 0 aliphatic heterocycles. The molecule has 178 valence electrons. The molecular formula is C26H29ClN4O3. The number of aromatic nitrogens is 1. The number of halogens is 1. The maximum atomic E-state index is 12.6. The molecule has 0 radical (unpaired) electrons. The molecule has 0 bridgehead atoms. The zero-order valence-corrected chi connectivity index (χ0v) is 20.5. The second-order valence-electron chi connectivity index (χ2n) is 7.87. The Morgan fingerprint density at radius 1 is 1.12 bits per heavy atom. The highest BCUT2D eigenvalue weighted by Crippen LogP contribution is 2.26. The Kier molecular flexibility index (Phi) is 8.49. The van der Waals surface area contributed by atoms with E-state index in [1.54, 1.807) is 13.1 Å². The van der Waals surface area contributed by atoms with Gasteiger partial charge in [-0.25, -0.2) is 10.2 Å². The lowest BCUT2D eigenvalue weighted by Crippen LogP contribution is -2.33. The van der Waals surface area contributed by atoms with Gasteiger partial charge in [0, 0.05) is 27.7 Å². The monoisotopic (exact) mass is 480 g/mol. The van der Waals surface area contributed by atoms with E-state index in [0.29, 0.717) is 5.02 Å². The lowest BCUT2D eigenvalue weighted by molar-refractivity contribution is -0.121. The fourth-order valence-electron chi connectivity index (χ4n) is 3.78. The first-order valence-electron chi connectivity index (χ1n) is 11.1. The van der Waals surface area contributed by atoms with Crippen LogP contribution in [0.2, 0.25) is 5.02 Å². The van der Waals surface area contributed by atoms with Gasteiger partial charge in [-0.15, -0.1) is 0 Å². The Morgan fingerprint density at radius 2 is 1.85 bits per heavy atom. The molecule has 1 heterocycles. The molecule has 0 saturated heterocycles. The predicted octanol–water partition coefficient (Wildman–Crippen LogP) is 5.38. The molecule has 8 heteroatoms. The Morgan fingerprint density at radius 3 is 2.56 bits per heavy atom. The first kappa shape index (κ1) is 25.1. The quantitative estimate of drug-likeness (QED) is 0.335. The number of nitrogens with zero attached hydrogens (tertiary/aromatic N) is 2. The molecule has 3 aromatic rings. The molecule has 0 spiro atoms. The Hall–Kier alpha value is -3.58. The van der Waals surface area contributed by atoms with Crippen LogP contribution in [0.15, 0.2) is 59.7 Å². The minimum atomic E-state index is -0.573. The normalized spacial score (nSPS) is 11.9. The standard InChI is InChI=1S/C26H29ClN4O3/c1-5-34-26(33)29-23(20-10-7-6-8-11-20)15-25(32)30-28-16-21-14-17(2)31(19(21)4)24-13-9-12-22(27)18(24)3/h6-14,16,23H,5,15H2,1-4H3,(H,29,33)(H,30,32)/b28-16-/t23-/m0/s1. The lowest BCUT2D eigenvalue weighted by Gasteiger charge is -2.18. The van der Waals surface area contributed by atoms with Crippen molar-refractivity contribution < 1.29 is 14.3 Å². The number of hydrazone groups is 1. The summed E-state index contributed by atoms with van der Waals surface area (Å²) in [6, 6.07) is 16.5. The largest absolute Gasteiger partial charge is 0.450 e. The molecule has 34 heavy (non-hydrogen) atoms. The summed E-state index contributed by atoms with van der Waals surface area (Å²) in [5.41, 5.74) is 8.23. The summed E-state index contributed by atoms with van der Waals surface area (Å²) >= 11 is 6.31. The van der Waals surface area contributed by atoms with Gasteiger partial charge in [0.15, 0.2) is 0 Å². The van der Waals surface area contributed by atoms with E-state index in [0.717, 1.165) is 33.8 Å². The summed E-state index contributed by atoms with van der Waals surface area (Å²) in [4.78, 5) is 24.5. The third-order valence-corrected chi connectivity index (χ3v) is 5.91. The van der Waals surface area contributed by atoms with Crippen molar-refractivity contribution in [2.75, 3.05) is 6.61 Å². The first-order chi connectivity index (χ1) is 16.3. The number of hydrogen-bond acceptors (Lipinski definition) is 4. The van der Waals surface area contributed by atoms with Crippen molar-refractivity contribution in [3.05, 3.63) is 87.7 Å². The number of aryl methyl sites for hydroxylation is 1. The summed E-state index contributed by atoms with van der Waals surface area (Å²) in [5, 5.41) is 7.58. The second kappa shape index (κ2) is 11.5. The van der Waals surface area contributed by atoms with Crippen LogP contribution >= 0.6 is 11.6 Å². The zero-order chi connectivity index (χ0) is 24.7. The third kappa shape index (κ3) is 6.05. The van der Waals surface area contributed by atoms with Gasteiger partial charge in [-0.2, -0.15) is 5.10 Å². The molecule has 7 nitrogen and oxygen atoms in total. The lowest BCUT2D eigenvalue weighted by atomic mass is 10.0. The summed E-state index contributed by atoms with van der Waals surface area (Å²) < 4.78 is 7.08. The van der Waals surface area contributed by atoms with Gasteiger partial charge in [0.25, 0.3) is 0 Å². The highest BCUT2D eigenvalue weighted by Gasteiger charge is 2.19. The van der Waals surface area contributed by atoms with Crippen molar-refractivity contribution in [3.63, 3.8) is 0 Å².